The Balaban J connectivity index is 2.60. The molecule has 0 saturated carbocycles. The summed E-state index contributed by atoms with van der Waals surface area (Å²) in [6, 6.07) is 4.39. The zero-order valence-corrected chi connectivity index (χ0v) is 17.9. The smallest absolute Gasteiger partial charge is 0.355 e. The van der Waals surface area contributed by atoms with Gasteiger partial charge in [-0.2, -0.15) is 13.2 Å². The minimum atomic E-state index is -4.45. The number of thiazole rings is 1. The van der Waals surface area contributed by atoms with Crippen molar-refractivity contribution in [3.63, 3.8) is 0 Å². The van der Waals surface area contributed by atoms with E-state index in [0.717, 1.165) is 23.5 Å². The zero-order valence-electron chi connectivity index (χ0n) is 17.1. The second-order valence-corrected chi connectivity index (χ2v) is 8.73. The normalized spacial score (nSPS) is 13.6. The van der Waals surface area contributed by atoms with Crippen molar-refractivity contribution in [2.75, 3.05) is 6.54 Å². The number of aromatic nitrogens is 1. The highest BCUT2D eigenvalue weighted by Crippen LogP contribution is 2.29. The molecule has 30 heavy (non-hydrogen) atoms. The van der Waals surface area contributed by atoms with Gasteiger partial charge in [0.25, 0.3) is 5.56 Å². The van der Waals surface area contributed by atoms with Crippen molar-refractivity contribution in [2.24, 2.45) is 5.41 Å². The number of carbonyl (C=O) groups is 2. The summed E-state index contributed by atoms with van der Waals surface area (Å²) in [5.74, 6) is -0.592. The van der Waals surface area contributed by atoms with Gasteiger partial charge in [0.05, 0.1) is 10.1 Å². The number of rotatable bonds is 5. The van der Waals surface area contributed by atoms with Crippen LogP contribution in [-0.2, 0) is 22.3 Å². The monoisotopic (exact) mass is 440 g/mol. The summed E-state index contributed by atoms with van der Waals surface area (Å²) in [7, 11) is 0. The van der Waals surface area contributed by atoms with Crippen LogP contribution in [0.3, 0.4) is 0 Å². The lowest BCUT2D eigenvalue weighted by atomic mass is 9.91. The number of hydrogen-bond donors (Lipinski definition) is 1. The fourth-order valence-electron chi connectivity index (χ4n) is 2.44. The summed E-state index contributed by atoms with van der Waals surface area (Å²) in [6.45, 7) is 7.09. The zero-order chi connectivity index (χ0) is 22.7. The molecule has 0 radical (unpaired) electrons. The van der Waals surface area contributed by atoms with Gasteiger partial charge in [-0.05, 0) is 30.7 Å². The summed E-state index contributed by atoms with van der Waals surface area (Å²) in [5.41, 5.74) is -1.54. The Morgan fingerprint density at radius 1 is 1.13 bits per heavy atom. The number of Topliss-reactive ketones (excluding diaryl/α,β-unsaturated/α-hetero) is 1. The SMILES string of the molecule is CCNC(=O)Cn1c(=CC(=O)C(C)(C)C)sc(=Cc2ccc(C(F)(F)F)cc2)c1=O. The molecule has 9 heteroatoms. The molecule has 162 valence electrons. The van der Waals surface area contributed by atoms with E-state index in [1.54, 1.807) is 27.7 Å². The largest absolute Gasteiger partial charge is 0.416 e. The molecule has 1 amide bonds. The molecule has 0 fully saturated rings. The molecule has 1 N–H and O–H groups in total. The second-order valence-electron chi connectivity index (χ2n) is 7.67. The highest BCUT2D eigenvalue weighted by Gasteiger charge is 2.29. The minimum absolute atomic E-state index is 0.213. The molecular formula is C21H23F3N2O3S. The number of amides is 1. The molecule has 2 aromatic rings. The van der Waals surface area contributed by atoms with Gasteiger partial charge in [0.1, 0.15) is 11.2 Å². The van der Waals surface area contributed by atoms with Crippen LogP contribution < -0.4 is 20.1 Å². The van der Waals surface area contributed by atoms with Crippen LogP contribution in [0.1, 0.15) is 38.8 Å². The molecule has 0 atom stereocenters. The van der Waals surface area contributed by atoms with E-state index in [2.05, 4.69) is 5.32 Å². The third-order valence-electron chi connectivity index (χ3n) is 4.14. The Labute approximate surface area is 175 Å². The second kappa shape index (κ2) is 8.99. The number of halogens is 3. The van der Waals surface area contributed by atoms with E-state index in [1.807, 2.05) is 0 Å². The first-order valence-electron chi connectivity index (χ1n) is 9.24. The maximum atomic E-state index is 12.8. The lowest BCUT2D eigenvalue weighted by Crippen LogP contribution is -2.38. The van der Waals surface area contributed by atoms with Crippen LogP contribution >= 0.6 is 11.3 Å². The highest BCUT2D eigenvalue weighted by atomic mass is 32.1. The lowest BCUT2D eigenvalue weighted by Gasteiger charge is -2.12. The number of benzene rings is 1. The number of nitrogens with zero attached hydrogens (tertiary/aromatic N) is 1. The Bertz CT molecular complexity index is 1100. The molecule has 0 spiro atoms. The Morgan fingerprint density at radius 3 is 2.23 bits per heavy atom. The summed E-state index contributed by atoms with van der Waals surface area (Å²) in [6.07, 6.45) is -1.67. The van der Waals surface area contributed by atoms with E-state index < -0.39 is 22.7 Å². The lowest BCUT2D eigenvalue weighted by molar-refractivity contribution is -0.137. The Morgan fingerprint density at radius 2 is 1.73 bits per heavy atom. The summed E-state index contributed by atoms with van der Waals surface area (Å²) < 4.78 is 39.9. The molecule has 2 rings (SSSR count). The predicted octanol–water partition coefficient (Wildman–Crippen LogP) is 2.29. The van der Waals surface area contributed by atoms with Gasteiger partial charge in [-0.3, -0.25) is 19.0 Å². The number of likely N-dealkylation sites (N-methyl/N-ethyl adjacent to an activating group) is 1. The van der Waals surface area contributed by atoms with E-state index in [-0.39, 0.29) is 22.8 Å². The maximum Gasteiger partial charge on any atom is 0.416 e. The highest BCUT2D eigenvalue weighted by molar-refractivity contribution is 7.07. The number of nitrogens with one attached hydrogen (secondary N) is 1. The number of ketones is 1. The van der Waals surface area contributed by atoms with Gasteiger partial charge in [-0.15, -0.1) is 11.3 Å². The fraction of sp³-hybridized carbons (Fsp3) is 0.381. The average Bonchev–Trinajstić information content (AvgIpc) is 2.89. The van der Waals surface area contributed by atoms with E-state index in [0.29, 0.717) is 16.8 Å². The molecule has 5 nitrogen and oxygen atoms in total. The predicted molar refractivity (Wildman–Crippen MR) is 110 cm³/mol. The molecule has 1 aromatic heterocycles. The summed E-state index contributed by atoms with van der Waals surface area (Å²) in [5, 5.41) is 2.60. The molecule has 0 bridgehead atoms. The van der Waals surface area contributed by atoms with Crippen LogP contribution in [-0.4, -0.2) is 22.8 Å². The standard InChI is InChI=1S/C21H23F3N2O3S/c1-5-25-17(28)12-26-18(11-16(27)20(2,3)4)30-15(19(26)29)10-13-6-8-14(9-7-13)21(22,23)24/h6-11H,5,12H2,1-4H3,(H,25,28). The van der Waals surface area contributed by atoms with Crippen molar-refractivity contribution in [1.82, 2.24) is 9.88 Å². The van der Waals surface area contributed by atoms with Crippen molar-refractivity contribution >= 4 is 35.2 Å². The van der Waals surface area contributed by atoms with Crippen molar-refractivity contribution in [3.05, 3.63) is 54.9 Å². The summed E-state index contributed by atoms with van der Waals surface area (Å²) >= 11 is 1.01. The van der Waals surface area contributed by atoms with Crippen LogP contribution in [0.2, 0.25) is 0 Å². The van der Waals surface area contributed by atoms with Gasteiger partial charge in [0.2, 0.25) is 5.91 Å². The van der Waals surface area contributed by atoms with Crippen LogP contribution in [0.15, 0.2) is 29.1 Å². The van der Waals surface area contributed by atoms with E-state index in [4.69, 9.17) is 0 Å². The fourth-order valence-corrected chi connectivity index (χ4v) is 3.48. The minimum Gasteiger partial charge on any atom is -0.355 e. The number of hydrogen-bond acceptors (Lipinski definition) is 4. The van der Waals surface area contributed by atoms with E-state index in [1.165, 1.54) is 28.9 Å². The molecule has 1 aromatic carbocycles. The first-order valence-corrected chi connectivity index (χ1v) is 10.1. The molecule has 0 saturated heterocycles. The number of carbonyl (C=O) groups excluding carboxylic acids is 2. The maximum absolute atomic E-state index is 12.8. The van der Waals surface area contributed by atoms with E-state index >= 15 is 0 Å². The van der Waals surface area contributed by atoms with Crippen LogP contribution in [0.5, 0.6) is 0 Å². The van der Waals surface area contributed by atoms with Gasteiger partial charge in [0.15, 0.2) is 5.78 Å². The molecule has 0 unspecified atom stereocenters. The van der Waals surface area contributed by atoms with Crippen molar-refractivity contribution in [2.45, 2.75) is 40.4 Å². The van der Waals surface area contributed by atoms with Crippen LogP contribution in [0.25, 0.3) is 12.2 Å². The molecule has 0 aliphatic carbocycles. The third-order valence-corrected chi connectivity index (χ3v) is 5.20. The molecule has 0 aliphatic heterocycles. The molecule has 0 aliphatic rings. The van der Waals surface area contributed by atoms with Crippen molar-refractivity contribution < 1.29 is 22.8 Å². The molecular weight excluding hydrogens is 417 g/mol. The van der Waals surface area contributed by atoms with Gasteiger partial charge < -0.3 is 5.32 Å². The first-order chi connectivity index (χ1) is 13.8. The first kappa shape index (κ1) is 23.6. The van der Waals surface area contributed by atoms with Crippen LogP contribution in [0, 0.1) is 5.41 Å². The van der Waals surface area contributed by atoms with Crippen molar-refractivity contribution in [1.29, 1.82) is 0 Å². The van der Waals surface area contributed by atoms with Gasteiger partial charge >= 0.3 is 6.18 Å². The Kier molecular flexibility index (Phi) is 7.07. The van der Waals surface area contributed by atoms with Gasteiger partial charge in [-0.1, -0.05) is 32.9 Å². The number of alkyl halides is 3. The van der Waals surface area contributed by atoms with E-state index in [9.17, 15) is 27.6 Å². The van der Waals surface area contributed by atoms with Crippen LogP contribution in [0.4, 0.5) is 13.2 Å². The average molecular weight is 440 g/mol. The third kappa shape index (κ3) is 5.91. The topological polar surface area (TPSA) is 68.2 Å². The quantitative estimate of drug-likeness (QED) is 0.776. The Hall–Kier alpha value is -2.68. The van der Waals surface area contributed by atoms with Gasteiger partial charge in [-0.25, -0.2) is 0 Å². The molecule has 1 heterocycles. The van der Waals surface area contributed by atoms with Gasteiger partial charge in [0, 0.05) is 18.0 Å². The summed E-state index contributed by atoms with van der Waals surface area (Å²) in [4.78, 5) is 37.3. The van der Waals surface area contributed by atoms with Crippen molar-refractivity contribution in [3.8, 4) is 0 Å².